The maximum absolute atomic E-state index is 13.6. The van der Waals surface area contributed by atoms with Gasteiger partial charge in [0, 0.05) is 19.1 Å². The fraction of sp³-hybridized carbons (Fsp3) is 0.625. The summed E-state index contributed by atoms with van der Waals surface area (Å²) in [5, 5.41) is 3.58. The van der Waals surface area contributed by atoms with Gasteiger partial charge in [-0.25, -0.2) is 4.39 Å². The molecule has 1 aliphatic rings. The molecule has 0 amide bonds. The molecule has 106 valence electrons. The predicted molar refractivity (Wildman–Crippen MR) is 77.8 cm³/mol. The van der Waals surface area contributed by atoms with Crippen molar-refractivity contribution < 1.29 is 4.39 Å². The van der Waals surface area contributed by atoms with E-state index in [0.29, 0.717) is 6.04 Å². The van der Waals surface area contributed by atoms with Gasteiger partial charge in [-0.3, -0.25) is 4.90 Å². The van der Waals surface area contributed by atoms with Crippen molar-refractivity contribution in [2.75, 3.05) is 19.6 Å². The van der Waals surface area contributed by atoms with Crippen LogP contribution in [0.2, 0.25) is 0 Å². The summed E-state index contributed by atoms with van der Waals surface area (Å²) >= 11 is 0. The van der Waals surface area contributed by atoms with Gasteiger partial charge in [0.1, 0.15) is 5.82 Å². The van der Waals surface area contributed by atoms with Crippen molar-refractivity contribution in [3.8, 4) is 0 Å². The molecule has 0 radical (unpaired) electrons. The first-order valence-electron chi connectivity index (χ1n) is 7.31. The van der Waals surface area contributed by atoms with Gasteiger partial charge in [-0.1, -0.05) is 19.1 Å². The standard InChI is InChI=1S/C16H25FN2/c1-4-15-11-19(7-5-6-18-15)10-14-8-12(2)16(17)13(3)9-14/h8-9,15,18H,4-7,10-11H2,1-3H3. The summed E-state index contributed by atoms with van der Waals surface area (Å²) in [5.74, 6) is -0.0623. The quantitative estimate of drug-likeness (QED) is 0.903. The Bertz CT molecular complexity index is 408. The molecule has 1 aliphatic heterocycles. The zero-order chi connectivity index (χ0) is 13.8. The summed E-state index contributed by atoms with van der Waals surface area (Å²) in [4.78, 5) is 2.49. The van der Waals surface area contributed by atoms with Crippen LogP contribution in [-0.2, 0) is 6.54 Å². The van der Waals surface area contributed by atoms with E-state index in [2.05, 4.69) is 17.1 Å². The molecule has 0 saturated carbocycles. The lowest BCUT2D eigenvalue weighted by Crippen LogP contribution is -2.36. The van der Waals surface area contributed by atoms with Crippen molar-refractivity contribution in [2.45, 2.75) is 46.2 Å². The molecule has 2 nitrogen and oxygen atoms in total. The van der Waals surface area contributed by atoms with Crippen molar-refractivity contribution in [3.05, 3.63) is 34.6 Å². The van der Waals surface area contributed by atoms with Gasteiger partial charge in [0.15, 0.2) is 0 Å². The highest BCUT2D eigenvalue weighted by Gasteiger charge is 2.16. The lowest BCUT2D eigenvalue weighted by atomic mass is 10.1. The Morgan fingerprint density at radius 2 is 2.00 bits per heavy atom. The van der Waals surface area contributed by atoms with Gasteiger partial charge in [0.05, 0.1) is 0 Å². The van der Waals surface area contributed by atoms with Crippen molar-refractivity contribution in [2.24, 2.45) is 0 Å². The lowest BCUT2D eigenvalue weighted by Gasteiger charge is -2.24. The van der Waals surface area contributed by atoms with Gasteiger partial charge >= 0.3 is 0 Å². The molecule has 0 aromatic heterocycles. The number of nitrogens with one attached hydrogen (secondary N) is 1. The Morgan fingerprint density at radius 3 is 2.63 bits per heavy atom. The van der Waals surface area contributed by atoms with E-state index >= 15 is 0 Å². The molecule has 2 rings (SSSR count). The Morgan fingerprint density at radius 1 is 1.32 bits per heavy atom. The van der Waals surface area contributed by atoms with E-state index in [1.54, 1.807) is 0 Å². The van der Waals surface area contributed by atoms with Crippen LogP contribution in [-0.4, -0.2) is 30.6 Å². The molecule has 1 saturated heterocycles. The molecule has 1 N–H and O–H groups in total. The lowest BCUT2D eigenvalue weighted by molar-refractivity contribution is 0.257. The topological polar surface area (TPSA) is 15.3 Å². The highest BCUT2D eigenvalue weighted by atomic mass is 19.1. The maximum Gasteiger partial charge on any atom is 0.129 e. The van der Waals surface area contributed by atoms with Crippen LogP contribution in [0.4, 0.5) is 4.39 Å². The smallest absolute Gasteiger partial charge is 0.129 e. The van der Waals surface area contributed by atoms with E-state index in [-0.39, 0.29) is 5.82 Å². The number of hydrogen-bond acceptors (Lipinski definition) is 2. The first kappa shape index (κ1) is 14.5. The molecule has 1 fully saturated rings. The highest BCUT2D eigenvalue weighted by molar-refractivity contribution is 5.30. The fourth-order valence-corrected chi connectivity index (χ4v) is 2.88. The molecule has 1 atom stereocenters. The van der Waals surface area contributed by atoms with Crippen LogP contribution >= 0.6 is 0 Å². The second kappa shape index (κ2) is 6.49. The van der Waals surface area contributed by atoms with E-state index in [1.807, 2.05) is 26.0 Å². The van der Waals surface area contributed by atoms with Gasteiger partial charge in [-0.2, -0.15) is 0 Å². The largest absolute Gasteiger partial charge is 0.313 e. The number of hydrogen-bond donors (Lipinski definition) is 1. The molecular formula is C16H25FN2. The third kappa shape index (κ3) is 3.77. The maximum atomic E-state index is 13.6. The molecule has 19 heavy (non-hydrogen) atoms. The average Bonchev–Trinajstić information content (AvgIpc) is 2.61. The molecule has 1 heterocycles. The van der Waals surface area contributed by atoms with Crippen molar-refractivity contribution in [1.82, 2.24) is 10.2 Å². The highest BCUT2D eigenvalue weighted by Crippen LogP contribution is 2.17. The van der Waals surface area contributed by atoms with Gasteiger partial charge in [-0.15, -0.1) is 0 Å². The minimum absolute atomic E-state index is 0.0623. The first-order valence-corrected chi connectivity index (χ1v) is 7.31. The second-order valence-electron chi connectivity index (χ2n) is 5.69. The fourth-order valence-electron chi connectivity index (χ4n) is 2.88. The third-order valence-electron chi connectivity index (χ3n) is 3.96. The van der Waals surface area contributed by atoms with Crippen LogP contribution in [0.5, 0.6) is 0 Å². The summed E-state index contributed by atoms with van der Waals surface area (Å²) in [5.41, 5.74) is 2.75. The van der Waals surface area contributed by atoms with Crippen LogP contribution in [0, 0.1) is 19.7 Å². The van der Waals surface area contributed by atoms with Gasteiger partial charge in [-0.05, 0) is 56.5 Å². The van der Waals surface area contributed by atoms with Gasteiger partial charge < -0.3 is 5.32 Å². The molecule has 0 spiro atoms. The van der Waals surface area contributed by atoms with Crippen LogP contribution in [0.25, 0.3) is 0 Å². The molecule has 1 aromatic carbocycles. The van der Waals surface area contributed by atoms with Crippen molar-refractivity contribution >= 4 is 0 Å². The Kier molecular flexibility index (Phi) is 4.94. The summed E-state index contributed by atoms with van der Waals surface area (Å²) in [6.07, 6.45) is 2.35. The minimum atomic E-state index is -0.0623. The summed E-state index contributed by atoms with van der Waals surface area (Å²) < 4.78 is 13.6. The number of nitrogens with zero attached hydrogens (tertiary/aromatic N) is 1. The number of rotatable bonds is 3. The van der Waals surface area contributed by atoms with E-state index in [4.69, 9.17) is 0 Å². The van der Waals surface area contributed by atoms with E-state index in [9.17, 15) is 4.39 Å². The molecule has 0 aliphatic carbocycles. The Balaban J connectivity index is 2.07. The van der Waals surface area contributed by atoms with Crippen LogP contribution < -0.4 is 5.32 Å². The summed E-state index contributed by atoms with van der Waals surface area (Å²) in [6, 6.07) is 4.56. The van der Waals surface area contributed by atoms with Crippen LogP contribution in [0.1, 0.15) is 36.5 Å². The van der Waals surface area contributed by atoms with Gasteiger partial charge in [0.2, 0.25) is 0 Å². The van der Waals surface area contributed by atoms with Crippen LogP contribution in [0.3, 0.4) is 0 Å². The first-order chi connectivity index (χ1) is 9.10. The van der Waals surface area contributed by atoms with E-state index < -0.39 is 0 Å². The van der Waals surface area contributed by atoms with Crippen LogP contribution in [0.15, 0.2) is 12.1 Å². The number of aryl methyl sites for hydroxylation is 2. The SMILES string of the molecule is CCC1CN(Cc2cc(C)c(F)c(C)c2)CCCN1. The van der Waals surface area contributed by atoms with E-state index in [1.165, 1.54) is 12.0 Å². The zero-order valence-corrected chi connectivity index (χ0v) is 12.3. The normalized spacial score (nSPS) is 21.4. The summed E-state index contributed by atoms with van der Waals surface area (Å²) in [6.45, 7) is 10.2. The van der Waals surface area contributed by atoms with Gasteiger partial charge in [0.25, 0.3) is 0 Å². The molecule has 1 unspecified atom stereocenters. The third-order valence-corrected chi connectivity index (χ3v) is 3.96. The van der Waals surface area contributed by atoms with Crippen molar-refractivity contribution in [1.29, 1.82) is 0 Å². The molecular weight excluding hydrogens is 239 g/mol. The van der Waals surface area contributed by atoms with Crippen molar-refractivity contribution in [3.63, 3.8) is 0 Å². The average molecular weight is 264 g/mol. The predicted octanol–water partition coefficient (Wildman–Crippen LogP) is 3.02. The second-order valence-corrected chi connectivity index (χ2v) is 5.69. The molecule has 1 aromatic rings. The molecule has 0 bridgehead atoms. The zero-order valence-electron chi connectivity index (χ0n) is 12.3. The summed E-state index contributed by atoms with van der Waals surface area (Å²) in [7, 11) is 0. The Labute approximate surface area is 116 Å². The monoisotopic (exact) mass is 264 g/mol. The Hall–Kier alpha value is -0.930. The minimum Gasteiger partial charge on any atom is -0.313 e. The van der Waals surface area contributed by atoms with E-state index in [0.717, 1.165) is 43.7 Å². The number of benzene rings is 1. The molecule has 3 heteroatoms. The number of halogens is 1.